The minimum atomic E-state index is -1.06. The number of esters is 1. The van der Waals surface area contributed by atoms with Crippen molar-refractivity contribution in [3.8, 4) is 11.5 Å². The molecule has 0 aromatic heterocycles. The highest BCUT2D eigenvalue weighted by Gasteiger charge is 2.55. The molecule has 0 spiro atoms. The fourth-order valence-corrected chi connectivity index (χ4v) is 5.78. The highest BCUT2D eigenvalue weighted by Crippen LogP contribution is 2.36. The van der Waals surface area contributed by atoms with Gasteiger partial charge < -0.3 is 33.2 Å². The quantitative estimate of drug-likeness (QED) is 0.0542. The topological polar surface area (TPSA) is 130 Å². The molecule has 0 unspecified atom stereocenters. The third kappa shape index (κ3) is 9.82. The van der Waals surface area contributed by atoms with Crippen LogP contribution in [0.3, 0.4) is 0 Å². The maximum absolute atomic E-state index is 12.6. The molecule has 256 valence electrons. The summed E-state index contributed by atoms with van der Waals surface area (Å²) in [7, 11) is 3.22. The number of nitrogens with zero attached hydrogens (tertiary/aromatic N) is 3. The first-order chi connectivity index (χ1) is 24.0. The molecule has 0 bridgehead atoms. The second-order valence-electron chi connectivity index (χ2n) is 11.5. The number of carbonyl (C=O) groups excluding carboxylic acids is 1. The molecule has 1 saturated carbocycles. The van der Waals surface area contributed by atoms with Gasteiger partial charge in [0.2, 0.25) is 0 Å². The first kappa shape index (κ1) is 35.4. The predicted molar refractivity (Wildman–Crippen MR) is 182 cm³/mol. The van der Waals surface area contributed by atoms with E-state index in [-0.39, 0.29) is 26.4 Å². The number of rotatable bonds is 16. The van der Waals surface area contributed by atoms with Crippen LogP contribution < -0.4 is 9.47 Å². The molecule has 0 heterocycles. The summed E-state index contributed by atoms with van der Waals surface area (Å²) in [6.45, 7) is 2.01. The van der Waals surface area contributed by atoms with E-state index < -0.39 is 42.5 Å². The van der Waals surface area contributed by atoms with Crippen molar-refractivity contribution < 1.29 is 38.0 Å². The third-order valence-electron chi connectivity index (χ3n) is 8.23. The van der Waals surface area contributed by atoms with E-state index >= 15 is 0 Å². The van der Waals surface area contributed by atoms with Crippen molar-refractivity contribution >= 4 is 5.97 Å². The van der Waals surface area contributed by atoms with E-state index in [9.17, 15) is 10.3 Å². The Bertz CT molecular complexity index is 1630. The number of benzene rings is 4. The molecule has 0 amide bonds. The van der Waals surface area contributed by atoms with Crippen molar-refractivity contribution in [2.45, 2.75) is 69.9 Å². The van der Waals surface area contributed by atoms with E-state index in [2.05, 4.69) is 10.0 Å². The lowest BCUT2D eigenvalue weighted by Gasteiger charge is -2.48. The Labute approximate surface area is 286 Å². The van der Waals surface area contributed by atoms with Gasteiger partial charge in [-0.1, -0.05) is 90.0 Å². The summed E-state index contributed by atoms with van der Waals surface area (Å²) in [5, 5.41) is 4.15. The predicted octanol–water partition coefficient (Wildman–Crippen LogP) is 6.97. The van der Waals surface area contributed by atoms with Gasteiger partial charge in [-0.15, -0.1) is 0 Å². The molecule has 4 aromatic rings. The van der Waals surface area contributed by atoms with Crippen molar-refractivity contribution in [3.63, 3.8) is 0 Å². The summed E-state index contributed by atoms with van der Waals surface area (Å²) in [6.07, 6.45) is -4.52. The van der Waals surface area contributed by atoms with Crippen LogP contribution in [-0.2, 0) is 54.9 Å². The van der Waals surface area contributed by atoms with Gasteiger partial charge in [0.05, 0.1) is 46.8 Å². The first-order valence-corrected chi connectivity index (χ1v) is 16.0. The molecule has 4 aromatic carbocycles. The van der Waals surface area contributed by atoms with Gasteiger partial charge in [-0.3, -0.25) is 4.79 Å². The summed E-state index contributed by atoms with van der Waals surface area (Å²) in [5.74, 6) is 0.866. The van der Waals surface area contributed by atoms with Crippen LogP contribution in [0.15, 0.2) is 114 Å². The van der Waals surface area contributed by atoms with Crippen molar-refractivity contribution in [1.29, 1.82) is 0 Å². The van der Waals surface area contributed by atoms with Gasteiger partial charge in [0.1, 0.15) is 42.0 Å². The molecule has 0 saturated heterocycles. The number of carbonyl (C=O) groups is 1. The molecule has 1 fully saturated rings. The molecular formula is C38H41N3O8. The van der Waals surface area contributed by atoms with Gasteiger partial charge in [0.15, 0.2) is 0 Å². The van der Waals surface area contributed by atoms with E-state index in [0.29, 0.717) is 11.5 Å². The number of azide groups is 1. The summed E-state index contributed by atoms with van der Waals surface area (Å²) in [4.78, 5) is 15.8. The Morgan fingerprint density at radius 1 is 0.571 bits per heavy atom. The second kappa shape index (κ2) is 18.0. The summed E-state index contributed by atoms with van der Waals surface area (Å²) < 4.78 is 43.1. The van der Waals surface area contributed by atoms with Gasteiger partial charge in [0.25, 0.3) is 0 Å². The Hall–Kier alpha value is -4.90. The fraction of sp³-hybridized carbons (Fsp3) is 0.342. The SMILES string of the molecule is COc1ccc(CO[C@@H]2[C@@H](OCc3ccc(OC)cc3)[C@H](OCc3ccccc3)[C@@H](N=[N+]=[N-])[C@@H](OC(C)=O)[C@H]2OCc2ccccc2)cc1. The zero-order chi connectivity index (χ0) is 34.4. The average Bonchev–Trinajstić information content (AvgIpc) is 3.14. The smallest absolute Gasteiger partial charge is 0.303 e. The summed E-state index contributed by atoms with van der Waals surface area (Å²) in [5.41, 5.74) is 13.4. The van der Waals surface area contributed by atoms with Gasteiger partial charge >= 0.3 is 5.97 Å². The molecule has 1 aliphatic rings. The van der Waals surface area contributed by atoms with Crippen LogP contribution in [0.2, 0.25) is 0 Å². The third-order valence-corrected chi connectivity index (χ3v) is 8.23. The molecular weight excluding hydrogens is 626 g/mol. The van der Waals surface area contributed by atoms with Crippen molar-refractivity contribution in [1.82, 2.24) is 0 Å². The van der Waals surface area contributed by atoms with Crippen molar-refractivity contribution in [2.75, 3.05) is 14.2 Å². The highest BCUT2D eigenvalue weighted by molar-refractivity contribution is 5.66. The molecule has 0 radical (unpaired) electrons. The minimum Gasteiger partial charge on any atom is -0.497 e. The Balaban J connectivity index is 1.55. The van der Waals surface area contributed by atoms with E-state index in [4.69, 9.17) is 33.2 Å². The van der Waals surface area contributed by atoms with E-state index in [1.807, 2.05) is 109 Å². The molecule has 11 nitrogen and oxygen atoms in total. The van der Waals surface area contributed by atoms with Gasteiger partial charge in [-0.25, -0.2) is 0 Å². The van der Waals surface area contributed by atoms with Crippen LogP contribution in [-0.4, -0.2) is 56.8 Å². The van der Waals surface area contributed by atoms with Crippen LogP contribution in [0.1, 0.15) is 29.2 Å². The molecule has 6 atom stereocenters. The monoisotopic (exact) mass is 667 g/mol. The molecule has 11 heteroatoms. The minimum absolute atomic E-state index is 0.173. The van der Waals surface area contributed by atoms with E-state index in [1.165, 1.54) is 6.92 Å². The normalized spacial score (nSPS) is 21.7. The largest absolute Gasteiger partial charge is 0.497 e. The number of ether oxygens (including phenoxy) is 7. The van der Waals surface area contributed by atoms with Gasteiger partial charge in [-0.2, -0.15) is 0 Å². The fourth-order valence-electron chi connectivity index (χ4n) is 5.78. The highest BCUT2D eigenvalue weighted by atomic mass is 16.6. The van der Waals surface area contributed by atoms with Crippen LogP contribution in [0.5, 0.6) is 11.5 Å². The maximum Gasteiger partial charge on any atom is 0.303 e. The Morgan fingerprint density at radius 2 is 0.939 bits per heavy atom. The van der Waals surface area contributed by atoms with Crippen LogP contribution >= 0.6 is 0 Å². The van der Waals surface area contributed by atoms with Crippen LogP contribution in [0, 0.1) is 0 Å². The maximum atomic E-state index is 12.6. The number of hydrogen-bond acceptors (Lipinski definition) is 9. The van der Waals surface area contributed by atoms with Gasteiger partial charge in [0, 0.05) is 11.8 Å². The number of methoxy groups -OCH3 is 2. The molecule has 49 heavy (non-hydrogen) atoms. The number of hydrogen-bond donors (Lipinski definition) is 0. The summed E-state index contributed by atoms with van der Waals surface area (Å²) in [6, 6.07) is 33.3. The first-order valence-electron chi connectivity index (χ1n) is 16.0. The second-order valence-corrected chi connectivity index (χ2v) is 11.5. The van der Waals surface area contributed by atoms with Crippen molar-refractivity contribution in [3.05, 3.63) is 142 Å². The van der Waals surface area contributed by atoms with Crippen LogP contribution in [0.4, 0.5) is 0 Å². The molecule has 0 aliphatic heterocycles. The van der Waals surface area contributed by atoms with Gasteiger partial charge in [-0.05, 0) is 52.1 Å². The Morgan fingerprint density at radius 3 is 1.33 bits per heavy atom. The lowest BCUT2D eigenvalue weighted by Crippen LogP contribution is -2.66. The van der Waals surface area contributed by atoms with Crippen molar-refractivity contribution in [2.24, 2.45) is 5.11 Å². The molecule has 1 aliphatic carbocycles. The molecule has 0 N–H and O–H groups in total. The lowest BCUT2D eigenvalue weighted by molar-refractivity contribution is -0.251. The average molecular weight is 668 g/mol. The van der Waals surface area contributed by atoms with E-state index in [1.54, 1.807) is 14.2 Å². The Kier molecular flexibility index (Phi) is 13.0. The van der Waals surface area contributed by atoms with E-state index in [0.717, 1.165) is 22.3 Å². The zero-order valence-corrected chi connectivity index (χ0v) is 27.8. The summed E-state index contributed by atoms with van der Waals surface area (Å²) >= 11 is 0. The zero-order valence-electron chi connectivity index (χ0n) is 27.8. The lowest BCUT2D eigenvalue weighted by atomic mass is 9.82. The van der Waals surface area contributed by atoms with Crippen LogP contribution in [0.25, 0.3) is 10.4 Å². The molecule has 5 rings (SSSR count). The standard InChI is InChI=1S/C38H41N3O8/c1-26(42)49-35-33(40-41-39)34(45-22-27-10-6-4-7-11-27)36(46-24-29-14-18-31(43-2)19-15-29)38(37(35)47-23-28-12-8-5-9-13-28)48-25-30-16-20-32(44-3)21-17-30/h4-21,33-38H,22-25H2,1-3H3/t33-,34-,35-,36+,37-,38-/m1/s1.